The normalized spacial score (nSPS) is 12.7. The number of carbonyl (C=O) groups excluding carboxylic acids is 2. The van der Waals surface area contributed by atoms with E-state index in [-0.39, 0.29) is 5.56 Å². The fourth-order valence-electron chi connectivity index (χ4n) is 1.90. The molecule has 1 unspecified atom stereocenters. The molecule has 26 heavy (non-hydrogen) atoms. The van der Waals surface area contributed by atoms with Gasteiger partial charge in [-0.05, 0) is 30.2 Å². The van der Waals surface area contributed by atoms with Crippen LogP contribution < -0.4 is 16.5 Å². The van der Waals surface area contributed by atoms with Crippen LogP contribution in [0, 0.1) is 11.8 Å². The molecular weight excluding hydrogens is 350 g/mol. The zero-order chi connectivity index (χ0) is 19.1. The number of aromatic nitrogens is 1. The zero-order valence-corrected chi connectivity index (χ0v) is 13.1. The summed E-state index contributed by atoms with van der Waals surface area (Å²) in [5, 5.41) is 14.2. The van der Waals surface area contributed by atoms with E-state index in [9.17, 15) is 18.4 Å². The minimum absolute atomic E-state index is 0.0902. The quantitative estimate of drug-likeness (QED) is 0.342. The Morgan fingerprint density at radius 1 is 1.19 bits per heavy atom. The van der Waals surface area contributed by atoms with Crippen molar-refractivity contribution in [2.24, 2.45) is 5.73 Å². The van der Waals surface area contributed by atoms with Crippen LogP contribution in [0.4, 0.5) is 8.78 Å². The van der Waals surface area contributed by atoms with Crippen LogP contribution in [0.15, 0.2) is 41.1 Å². The number of carbonyl (C=O) groups is 2. The molecule has 136 valence electrons. The highest BCUT2D eigenvalue weighted by Gasteiger charge is 2.33. The Bertz CT molecular complexity index is 813. The lowest BCUT2D eigenvalue weighted by atomic mass is 10.1. The van der Waals surface area contributed by atoms with Crippen molar-refractivity contribution in [2.75, 3.05) is 0 Å². The van der Waals surface area contributed by atoms with Gasteiger partial charge < -0.3 is 15.6 Å². The lowest BCUT2D eigenvalue weighted by Gasteiger charge is -2.22. The van der Waals surface area contributed by atoms with Crippen LogP contribution in [0.1, 0.15) is 21.7 Å². The van der Waals surface area contributed by atoms with E-state index in [1.165, 1.54) is 35.9 Å². The van der Waals surface area contributed by atoms with Crippen LogP contribution in [0.25, 0.3) is 0 Å². The van der Waals surface area contributed by atoms with Gasteiger partial charge >= 0.3 is 0 Å². The smallest absolute Gasteiger partial charge is 0.267 e. The molecule has 10 heteroatoms. The van der Waals surface area contributed by atoms with E-state index in [0.717, 1.165) is 0 Å². The zero-order valence-electron chi connectivity index (χ0n) is 13.1. The van der Waals surface area contributed by atoms with Gasteiger partial charge in [0.1, 0.15) is 6.04 Å². The third-order valence-electron chi connectivity index (χ3n) is 3.27. The summed E-state index contributed by atoms with van der Waals surface area (Å²) in [5.41, 5.74) is 7.05. The lowest BCUT2D eigenvalue weighted by Crippen LogP contribution is -2.58. The molecule has 1 aromatic carbocycles. The van der Waals surface area contributed by atoms with E-state index >= 15 is 0 Å². The molecule has 5 N–H and O–H groups in total. The second-order valence-corrected chi connectivity index (χ2v) is 5.04. The van der Waals surface area contributed by atoms with Crippen LogP contribution >= 0.6 is 0 Å². The molecule has 1 aromatic heterocycles. The summed E-state index contributed by atoms with van der Waals surface area (Å²) in [6.45, 7) is 0. The largest absolute Gasteiger partial charge is 0.348 e. The van der Waals surface area contributed by atoms with Crippen LogP contribution in [0.3, 0.4) is 0 Å². The first-order chi connectivity index (χ1) is 12.4. The average Bonchev–Trinajstić information content (AvgIpc) is 3.17. The van der Waals surface area contributed by atoms with Crippen molar-refractivity contribution >= 4 is 11.8 Å². The predicted molar refractivity (Wildman–Crippen MR) is 84.1 cm³/mol. The lowest BCUT2D eigenvalue weighted by molar-refractivity contribution is -0.132. The number of nitrogens with two attached hydrogens (primary N) is 1. The first kappa shape index (κ1) is 19.0. The van der Waals surface area contributed by atoms with Gasteiger partial charge in [0.05, 0.1) is 12.2 Å². The maximum absolute atomic E-state index is 12.7. The van der Waals surface area contributed by atoms with E-state index in [1.807, 2.05) is 0 Å². The van der Waals surface area contributed by atoms with Gasteiger partial charge in [-0.2, -0.15) is 0 Å². The first-order valence-electron chi connectivity index (χ1n) is 7.23. The standard InChI is InChI=1S/C16H14F2N4O4/c17-14(18)12(19)13(16(24)22-25)21-15(23)10-4-1-9(2-5-10)3-6-11-7-8-20-26-11/h1-2,4-5,7-8,12-14,25H,19H2,(H,21,23)(H,22,24)/t12?,13-/m0/s1. The topological polar surface area (TPSA) is 130 Å². The van der Waals surface area contributed by atoms with Gasteiger partial charge in [-0.15, -0.1) is 0 Å². The molecule has 0 aliphatic carbocycles. The Morgan fingerprint density at radius 2 is 1.88 bits per heavy atom. The minimum atomic E-state index is -3.08. The SMILES string of the molecule is NC(C(F)F)[C@H](NC(=O)c1ccc(C#Cc2ccno2)cc1)C(=O)NO. The number of nitrogens with zero attached hydrogens (tertiary/aromatic N) is 1. The fourth-order valence-corrected chi connectivity index (χ4v) is 1.90. The van der Waals surface area contributed by atoms with Crippen LogP contribution in [0.2, 0.25) is 0 Å². The summed E-state index contributed by atoms with van der Waals surface area (Å²) in [4.78, 5) is 23.6. The van der Waals surface area contributed by atoms with E-state index in [4.69, 9.17) is 15.5 Å². The predicted octanol–water partition coefficient (Wildman–Crippen LogP) is 0.271. The minimum Gasteiger partial charge on any atom is -0.348 e. The molecule has 0 radical (unpaired) electrons. The molecule has 8 nitrogen and oxygen atoms in total. The first-order valence-corrected chi connectivity index (χ1v) is 7.23. The van der Waals surface area contributed by atoms with E-state index in [0.29, 0.717) is 11.3 Å². The number of amides is 2. The number of nitrogens with one attached hydrogen (secondary N) is 2. The number of benzene rings is 1. The van der Waals surface area contributed by atoms with Crippen molar-refractivity contribution < 1.29 is 28.1 Å². The Hall–Kier alpha value is -3.29. The Labute approximate surface area is 146 Å². The highest BCUT2D eigenvalue weighted by Crippen LogP contribution is 2.08. The van der Waals surface area contributed by atoms with Crippen LogP contribution in [0.5, 0.6) is 0 Å². The van der Waals surface area contributed by atoms with Gasteiger partial charge in [0, 0.05) is 17.2 Å². The van der Waals surface area contributed by atoms with Crippen molar-refractivity contribution in [3.05, 3.63) is 53.4 Å². The Kier molecular flexibility index (Phi) is 6.37. The molecule has 0 spiro atoms. The number of hydrogen-bond donors (Lipinski definition) is 4. The molecule has 0 bridgehead atoms. The maximum atomic E-state index is 12.7. The summed E-state index contributed by atoms with van der Waals surface area (Å²) in [6, 6.07) is 3.60. The van der Waals surface area contributed by atoms with E-state index in [1.54, 1.807) is 6.07 Å². The average molecular weight is 364 g/mol. The molecule has 2 rings (SSSR count). The van der Waals surface area contributed by atoms with Gasteiger partial charge in [-0.25, -0.2) is 14.3 Å². The number of rotatable bonds is 5. The van der Waals surface area contributed by atoms with Crippen molar-refractivity contribution in [1.29, 1.82) is 0 Å². The molecule has 2 atom stereocenters. The monoisotopic (exact) mass is 364 g/mol. The molecule has 0 saturated carbocycles. The Morgan fingerprint density at radius 3 is 2.42 bits per heavy atom. The van der Waals surface area contributed by atoms with Crippen LogP contribution in [-0.2, 0) is 4.79 Å². The molecule has 1 heterocycles. The third kappa shape index (κ3) is 4.85. The highest BCUT2D eigenvalue weighted by atomic mass is 19.3. The second kappa shape index (κ2) is 8.70. The Balaban J connectivity index is 2.09. The highest BCUT2D eigenvalue weighted by molar-refractivity contribution is 5.97. The summed E-state index contributed by atoms with van der Waals surface area (Å²) < 4.78 is 30.3. The van der Waals surface area contributed by atoms with Gasteiger partial charge in [-0.1, -0.05) is 11.1 Å². The molecule has 0 fully saturated rings. The van der Waals surface area contributed by atoms with Crippen LogP contribution in [-0.4, -0.2) is 40.7 Å². The number of hydrogen-bond acceptors (Lipinski definition) is 6. The van der Waals surface area contributed by atoms with Gasteiger partial charge in [-0.3, -0.25) is 14.8 Å². The van der Waals surface area contributed by atoms with Crippen molar-refractivity contribution in [3.63, 3.8) is 0 Å². The second-order valence-electron chi connectivity index (χ2n) is 5.04. The molecule has 2 amide bonds. The molecular formula is C16H14F2N4O4. The van der Waals surface area contributed by atoms with Crippen molar-refractivity contribution in [2.45, 2.75) is 18.5 Å². The van der Waals surface area contributed by atoms with Crippen molar-refractivity contribution in [1.82, 2.24) is 16.0 Å². The van der Waals surface area contributed by atoms with Crippen molar-refractivity contribution in [3.8, 4) is 11.8 Å². The summed E-state index contributed by atoms with van der Waals surface area (Å²) in [5.74, 6) is 3.80. The van der Waals surface area contributed by atoms with E-state index in [2.05, 4.69) is 22.3 Å². The third-order valence-corrected chi connectivity index (χ3v) is 3.27. The maximum Gasteiger partial charge on any atom is 0.267 e. The fraction of sp³-hybridized carbons (Fsp3) is 0.188. The molecule has 0 aliphatic heterocycles. The number of hydroxylamine groups is 1. The summed E-state index contributed by atoms with van der Waals surface area (Å²) >= 11 is 0. The van der Waals surface area contributed by atoms with Gasteiger partial charge in [0.2, 0.25) is 5.76 Å². The summed E-state index contributed by atoms with van der Waals surface area (Å²) in [6.07, 6.45) is -1.63. The van der Waals surface area contributed by atoms with Gasteiger partial charge in [0.15, 0.2) is 0 Å². The summed E-state index contributed by atoms with van der Waals surface area (Å²) in [7, 11) is 0. The van der Waals surface area contributed by atoms with E-state index < -0.39 is 30.3 Å². The van der Waals surface area contributed by atoms with Gasteiger partial charge in [0.25, 0.3) is 18.2 Å². The molecule has 0 aliphatic rings. The molecule has 2 aromatic rings. The molecule has 0 saturated heterocycles. The number of alkyl halides is 2. The number of halogens is 2.